The van der Waals surface area contributed by atoms with E-state index in [9.17, 15) is 18.0 Å². The largest absolute Gasteiger partial charge is 0.433 e. The van der Waals surface area contributed by atoms with Gasteiger partial charge in [-0.05, 0) is 24.3 Å². The average molecular weight is 410 g/mol. The molecule has 2 heterocycles. The molecule has 10 heteroatoms. The lowest BCUT2D eigenvalue weighted by Gasteiger charge is -2.19. The van der Waals surface area contributed by atoms with E-state index in [1.807, 2.05) is 0 Å². The summed E-state index contributed by atoms with van der Waals surface area (Å²) in [5.74, 6) is 0.779. The van der Waals surface area contributed by atoms with Crippen LogP contribution in [0.15, 0.2) is 47.3 Å². The van der Waals surface area contributed by atoms with E-state index in [1.54, 1.807) is 24.3 Å². The van der Waals surface area contributed by atoms with Crippen LogP contribution in [0.4, 0.5) is 19.0 Å². The third-order valence-electron chi connectivity index (χ3n) is 3.64. The third kappa shape index (κ3) is 4.45. The topological polar surface area (TPSA) is 61.9 Å². The van der Waals surface area contributed by atoms with Crippen molar-refractivity contribution >= 4 is 45.0 Å². The monoisotopic (exact) mass is 410 g/mol. The molecule has 27 heavy (non-hydrogen) atoms. The first-order chi connectivity index (χ1) is 12.8. The van der Waals surface area contributed by atoms with E-state index >= 15 is 0 Å². The number of benzene rings is 1. The molecule has 0 saturated carbocycles. The summed E-state index contributed by atoms with van der Waals surface area (Å²) in [5, 5.41) is 0.485. The Kier molecular flexibility index (Phi) is 5.47. The maximum absolute atomic E-state index is 12.8. The first-order valence-electron chi connectivity index (χ1n) is 7.68. The summed E-state index contributed by atoms with van der Waals surface area (Å²) in [6.45, 7) is 0. The third-order valence-corrected chi connectivity index (χ3v) is 5.20. The predicted molar refractivity (Wildman–Crippen MR) is 104 cm³/mol. The number of aromatic nitrogens is 3. The van der Waals surface area contributed by atoms with Crippen molar-refractivity contribution in [1.82, 2.24) is 15.0 Å². The zero-order valence-electron chi connectivity index (χ0n) is 13.9. The summed E-state index contributed by atoms with van der Waals surface area (Å²) in [7, 11) is 1.54. The van der Waals surface area contributed by atoms with Crippen LogP contribution in [0, 0.1) is 0 Å². The van der Waals surface area contributed by atoms with Crippen molar-refractivity contribution in [1.29, 1.82) is 0 Å². The van der Waals surface area contributed by atoms with E-state index < -0.39 is 11.9 Å². The van der Waals surface area contributed by atoms with Crippen LogP contribution in [-0.4, -0.2) is 26.3 Å². The van der Waals surface area contributed by atoms with Crippen LogP contribution in [-0.2, 0) is 11.9 Å². The molecular formula is C17H13F3N4OS2. The molecule has 3 aromatic rings. The molecule has 0 radical (unpaired) electrons. The van der Waals surface area contributed by atoms with Crippen LogP contribution < -0.4 is 10.5 Å². The highest BCUT2D eigenvalue weighted by Crippen LogP contribution is 2.29. The first-order valence-corrected chi connectivity index (χ1v) is 9.08. The molecule has 3 rings (SSSR count). The van der Waals surface area contributed by atoms with Gasteiger partial charge in [0.2, 0.25) is 0 Å². The lowest BCUT2D eigenvalue weighted by Crippen LogP contribution is -2.24. The summed E-state index contributed by atoms with van der Waals surface area (Å²) in [4.78, 5) is 24.1. The molecule has 0 spiro atoms. The second-order valence-corrected chi connectivity index (χ2v) is 7.13. The van der Waals surface area contributed by atoms with Crippen LogP contribution in [0.2, 0.25) is 0 Å². The Hall–Kier alpha value is -2.46. The van der Waals surface area contributed by atoms with Gasteiger partial charge in [0, 0.05) is 7.05 Å². The van der Waals surface area contributed by atoms with Crippen LogP contribution in [0.3, 0.4) is 0 Å². The summed E-state index contributed by atoms with van der Waals surface area (Å²) in [6.07, 6.45) is -4.53. The summed E-state index contributed by atoms with van der Waals surface area (Å²) in [6, 6.07) is 10.6. The number of para-hydroxylation sites is 1. The normalized spacial score (nSPS) is 11.6. The van der Waals surface area contributed by atoms with Crippen molar-refractivity contribution in [2.45, 2.75) is 11.9 Å². The fraction of sp³-hybridized carbons (Fsp3) is 0.176. The number of hydrogen-bond acceptors (Lipinski definition) is 5. The van der Waals surface area contributed by atoms with Gasteiger partial charge in [0.1, 0.15) is 21.7 Å². The standard InChI is InChI=1S/C17H13F3N4OS2/c1-24(14-8-4-7-12(22-14)17(18,19)20)16(26)27-9-13-21-11-6-3-2-5-10(11)15(25)23-13/h2-8H,9H2,1H3,(H,21,23,25). The number of thiocarbonyl (C=S) groups is 1. The molecule has 0 amide bonds. The molecule has 140 valence electrons. The zero-order valence-corrected chi connectivity index (χ0v) is 15.6. The number of rotatable bonds is 3. The number of nitrogens with one attached hydrogen (secondary N) is 1. The van der Waals surface area contributed by atoms with Crippen LogP contribution in [0.5, 0.6) is 0 Å². The van der Waals surface area contributed by atoms with Crippen molar-refractivity contribution in [2.75, 3.05) is 11.9 Å². The van der Waals surface area contributed by atoms with Gasteiger partial charge in [0.05, 0.1) is 16.7 Å². The van der Waals surface area contributed by atoms with E-state index in [2.05, 4.69) is 15.0 Å². The summed E-state index contributed by atoms with van der Waals surface area (Å²) >= 11 is 6.44. The van der Waals surface area contributed by atoms with E-state index in [0.717, 1.165) is 6.07 Å². The molecule has 5 nitrogen and oxygen atoms in total. The van der Waals surface area contributed by atoms with Crippen LogP contribution in [0.25, 0.3) is 10.9 Å². The van der Waals surface area contributed by atoms with Crippen molar-refractivity contribution < 1.29 is 13.2 Å². The lowest BCUT2D eigenvalue weighted by atomic mass is 10.2. The van der Waals surface area contributed by atoms with Crippen molar-refractivity contribution in [2.24, 2.45) is 0 Å². The Bertz CT molecular complexity index is 1050. The molecular weight excluding hydrogens is 397 g/mol. The van der Waals surface area contributed by atoms with Gasteiger partial charge in [-0.1, -0.05) is 42.2 Å². The van der Waals surface area contributed by atoms with Crippen molar-refractivity contribution in [3.05, 3.63) is 64.3 Å². The molecule has 0 aliphatic rings. The maximum atomic E-state index is 12.8. The molecule has 0 unspecified atom stereocenters. The maximum Gasteiger partial charge on any atom is 0.433 e. The Balaban J connectivity index is 1.73. The van der Waals surface area contributed by atoms with Gasteiger partial charge in [-0.25, -0.2) is 9.97 Å². The van der Waals surface area contributed by atoms with Gasteiger partial charge >= 0.3 is 6.18 Å². The molecule has 0 fully saturated rings. The highest BCUT2D eigenvalue weighted by Gasteiger charge is 2.32. The molecule has 1 aromatic carbocycles. The van der Waals surface area contributed by atoms with Crippen LogP contribution >= 0.6 is 24.0 Å². The van der Waals surface area contributed by atoms with Crippen molar-refractivity contribution in [3.8, 4) is 0 Å². The highest BCUT2D eigenvalue weighted by atomic mass is 32.2. The molecule has 0 aliphatic heterocycles. The lowest BCUT2D eigenvalue weighted by molar-refractivity contribution is -0.141. The second kappa shape index (κ2) is 7.65. The van der Waals surface area contributed by atoms with Crippen LogP contribution in [0.1, 0.15) is 11.5 Å². The Morgan fingerprint density at radius 1 is 1.19 bits per heavy atom. The number of thioether (sulfide) groups is 1. The molecule has 0 aliphatic carbocycles. The average Bonchev–Trinajstić information content (AvgIpc) is 2.65. The Labute approximate surface area is 161 Å². The number of H-pyrrole nitrogens is 1. The number of halogens is 3. The number of alkyl halides is 3. The Morgan fingerprint density at radius 2 is 1.93 bits per heavy atom. The number of fused-ring (bicyclic) bond motifs is 1. The number of pyridine rings is 1. The van der Waals surface area contributed by atoms with Gasteiger partial charge in [-0.15, -0.1) is 0 Å². The smallest absolute Gasteiger partial charge is 0.315 e. The van der Waals surface area contributed by atoms with E-state index in [0.29, 0.717) is 21.0 Å². The number of hydrogen-bond donors (Lipinski definition) is 1. The van der Waals surface area contributed by atoms with E-state index in [-0.39, 0.29) is 17.1 Å². The quantitative estimate of drug-likeness (QED) is 0.659. The number of anilines is 1. The van der Waals surface area contributed by atoms with Crippen molar-refractivity contribution in [3.63, 3.8) is 0 Å². The first kappa shape index (κ1) is 19.3. The van der Waals surface area contributed by atoms with Gasteiger partial charge in [0.15, 0.2) is 0 Å². The van der Waals surface area contributed by atoms with E-state index in [4.69, 9.17) is 12.2 Å². The molecule has 1 N–H and O–H groups in total. The van der Waals surface area contributed by atoms with Gasteiger partial charge in [-0.3, -0.25) is 4.79 Å². The second-order valence-electron chi connectivity index (χ2n) is 5.52. The SMILES string of the molecule is CN(C(=S)SCc1nc2ccccc2c(=O)[nH]1)c1cccc(C(F)(F)F)n1. The fourth-order valence-corrected chi connectivity index (χ4v) is 3.25. The fourth-order valence-electron chi connectivity index (χ4n) is 2.29. The minimum Gasteiger partial charge on any atom is -0.315 e. The molecule has 2 aromatic heterocycles. The van der Waals surface area contributed by atoms with E-state index in [1.165, 1.54) is 35.8 Å². The molecule has 0 bridgehead atoms. The number of nitrogens with zero attached hydrogens (tertiary/aromatic N) is 3. The Morgan fingerprint density at radius 3 is 2.67 bits per heavy atom. The molecule has 0 saturated heterocycles. The molecule has 0 atom stereocenters. The highest BCUT2D eigenvalue weighted by molar-refractivity contribution is 8.22. The van der Waals surface area contributed by atoms with Gasteiger partial charge in [-0.2, -0.15) is 13.2 Å². The predicted octanol–water partition coefficient (Wildman–Crippen LogP) is 3.99. The minimum atomic E-state index is -4.53. The minimum absolute atomic E-state index is 0.0855. The summed E-state index contributed by atoms with van der Waals surface area (Å²) in [5.41, 5.74) is -0.675. The zero-order chi connectivity index (χ0) is 19.6. The van der Waals surface area contributed by atoms with Gasteiger partial charge < -0.3 is 9.88 Å². The number of aromatic amines is 1. The summed E-state index contributed by atoms with van der Waals surface area (Å²) < 4.78 is 38.7. The van der Waals surface area contributed by atoms with Gasteiger partial charge in [0.25, 0.3) is 5.56 Å².